The van der Waals surface area contributed by atoms with Gasteiger partial charge < -0.3 is 0 Å². The summed E-state index contributed by atoms with van der Waals surface area (Å²) >= 11 is 0. The van der Waals surface area contributed by atoms with Crippen LogP contribution in [0.2, 0.25) is 0 Å². The van der Waals surface area contributed by atoms with Gasteiger partial charge in [0.2, 0.25) is 0 Å². The minimum Gasteiger partial charge on any atom is -0.269 e. The molecule has 106 valence electrons. The van der Waals surface area contributed by atoms with Gasteiger partial charge in [-0.3, -0.25) is 21.6 Å². The first kappa shape index (κ1) is 23.8. The van der Waals surface area contributed by atoms with Crippen LogP contribution >= 0.6 is 0 Å². The van der Waals surface area contributed by atoms with Gasteiger partial charge in [0.25, 0.3) is 0 Å². The average Bonchev–Trinajstić information content (AvgIpc) is 2.92. The molecule has 0 saturated carbocycles. The van der Waals surface area contributed by atoms with Crippen molar-refractivity contribution < 1.29 is 35.6 Å². The maximum atomic E-state index is 3.26. The summed E-state index contributed by atoms with van der Waals surface area (Å²) in [7, 11) is 0. The fraction of sp³-hybridized carbons (Fsp3) is 0.500. The molecule has 0 amide bonds. The van der Waals surface area contributed by atoms with Crippen molar-refractivity contribution in [2.24, 2.45) is 0 Å². The van der Waals surface area contributed by atoms with Crippen molar-refractivity contribution in [1.29, 1.82) is 0 Å². The van der Waals surface area contributed by atoms with Gasteiger partial charge in [-0.15, -0.1) is 12.8 Å². The van der Waals surface area contributed by atoms with Crippen molar-refractivity contribution in [1.82, 2.24) is 0 Å². The van der Waals surface area contributed by atoms with E-state index in [-0.39, 0.29) is 35.6 Å². The minimum absolute atomic E-state index is 0. The first-order chi connectivity index (χ1) is 7.86. The molecule has 0 aromatic carbocycles. The van der Waals surface area contributed by atoms with Crippen LogP contribution < -0.4 is 0 Å². The quantitative estimate of drug-likeness (QED) is 0.610. The number of rotatable bonds is 4. The maximum absolute atomic E-state index is 3.26. The van der Waals surface area contributed by atoms with Crippen molar-refractivity contribution in [3.63, 3.8) is 0 Å². The van der Waals surface area contributed by atoms with Crippen molar-refractivity contribution in [3.8, 4) is 0 Å². The zero-order chi connectivity index (χ0) is 11.6. The van der Waals surface area contributed by atoms with Gasteiger partial charge in [0.1, 0.15) is 0 Å². The van der Waals surface area contributed by atoms with Gasteiger partial charge in [-0.05, 0) is 0 Å². The van der Waals surface area contributed by atoms with Crippen molar-refractivity contribution in [3.05, 3.63) is 47.6 Å². The summed E-state index contributed by atoms with van der Waals surface area (Å²) in [4.78, 5) is 0. The summed E-state index contributed by atoms with van der Waals surface area (Å²) in [6.45, 7) is 4.39. The van der Waals surface area contributed by atoms with Crippen LogP contribution in [0.1, 0.15) is 52.4 Å². The van der Waals surface area contributed by atoms with Gasteiger partial charge in [-0.1, -0.05) is 39.5 Å². The first-order valence-electron chi connectivity index (χ1n) is 6.39. The van der Waals surface area contributed by atoms with E-state index in [1.54, 1.807) is 0 Å². The third-order valence-corrected chi connectivity index (χ3v) is 2.57. The molecule has 0 aromatic heterocycles. The van der Waals surface area contributed by atoms with Crippen molar-refractivity contribution in [2.75, 3.05) is 0 Å². The van der Waals surface area contributed by atoms with E-state index < -0.39 is 0 Å². The second kappa shape index (κ2) is 15.8. The standard InChI is InChI=1S/2C8H11.2FH.Zr/c2*1-2-5-8-6-3-4-7-8;;;/h2*3,6H,2,4-5H2,1H3;2*1H;/q2*-1;;;+2. The fourth-order valence-corrected chi connectivity index (χ4v) is 1.78. The Morgan fingerprint density at radius 2 is 1.21 bits per heavy atom. The second-order valence-corrected chi connectivity index (χ2v) is 4.12. The molecule has 0 atom stereocenters. The predicted octanol–water partition coefficient (Wildman–Crippen LogP) is 5.25. The van der Waals surface area contributed by atoms with E-state index in [4.69, 9.17) is 0 Å². The van der Waals surface area contributed by atoms with Crippen LogP contribution in [0.3, 0.4) is 0 Å². The predicted molar refractivity (Wildman–Crippen MR) is 75.8 cm³/mol. The molecule has 2 aliphatic rings. The monoisotopic (exact) mass is 344 g/mol. The van der Waals surface area contributed by atoms with Crippen LogP contribution in [0.15, 0.2) is 35.5 Å². The summed E-state index contributed by atoms with van der Waals surface area (Å²) in [6, 6.07) is 0. The summed E-state index contributed by atoms with van der Waals surface area (Å²) in [5, 5.41) is 0. The van der Waals surface area contributed by atoms with Crippen LogP contribution in [0.4, 0.5) is 9.41 Å². The second-order valence-electron chi connectivity index (χ2n) is 4.12. The van der Waals surface area contributed by atoms with Gasteiger partial charge in [-0.2, -0.15) is 12.2 Å². The molecule has 0 aromatic rings. The molecular weight excluding hydrogens is 321 g/mol. The van der Waals surface area contributed by atoms with Gasteiger partial charge in [0.05, 0.1) is 0 Å². The molecular formula is C16H24F2Zr. The number of hydrogen-bond acceptors (Lipinski definition) is 0. The molecule has 0 heterocycles. The van der Waals surface area contributed by atoms with E-state index >= 15 is 0 Å². The molecule has 0 fully saturated rings. The molecule has 0 aliphatic heterocycles. The SMILES string of the molecule is CCCC1=[C-]CC=C1.CCCC1=[C-]CC=C1.F.F.[Zr+2]. The van der Waals surface area contributed by atoms with Gasteiger partial charge in [0.15, 0.2) is 0 Å². The zero-order valence-corrected chi connectivity index (χ0v) is 14.3. The third kappa shape index (κ3) is 11.2. The molecule has 3 heteroatoms. The van der Waals surface area contributed by atoms with Crippen LogP contribution in [0.5, 0.6) is 0 Å². The molecule has 0 bridgehead atoms. The van der Waals surface area contributed by atoms with Crippen LogP contribution in [-0.2, 0) is 26.2 Å². The Balaban J connectivity index is -0.000000233. The molecule has 0 spiro atoms. The normalized spacial score (nSPS) is 14.2. The smallest absolute Gasteiger partial charge is 0.269 e. The Hall–Kier alpha value is -0.297. The summed E-state index contributed by atoms with van der Waals surface area (Å²) in [6.07, 6.45) is 22.2. The minimum atomic E-state index is 0. The molecule has 0 unspecified atom stereocenters. The van der Waals surface area contributed by atoms with E-state index in [1.807, 2.05) is 0 Å². The summed E-state index contributed by atoms with van der Waals surface area (Å²) in [5.41, 5.74) is 2.79. The topological polar surface area (TPSA) is 0 Å². The van der Waals surface area contributed by atoms with E-state index in [0.717, 1.165) is 12.8 Å². The average molecular weight is 346 g/mol. The van der Waals surface area contributed by atoms with E-state index in [0.29, 0.717) is 0 Å². The number of allylic oxidation sites excluding steroid dienone is 8. The number of halogens is 2. The molecule has 0 radical (unpaired) electrons. The maximum Gasteiger partial charge on any atom is 2.00 e. The Morgan fingerprint density at radius 1 is 0.842 bits per heavy atom. The van der Waals surface area contributed by atoms with Gasteiger partial charge in [0, 0.05) is 0 Å². The molecule has 2 rings (SSSR count). The Morgan fingerprint density at radius 3 is 1.42 bits per heavy atom. The van der Waals surface area contributed by atoms with Crippen molar-refractivity contribution >= 4 is 0 Å². The summed E-state index contributed by atoms with van der Waals surface area (Å²) < 4.78 is 0. The van der Waals surface area contributed by atoms with Gasteiger partial charge >= 0.3 is 26.2 Å². The van der Waals surface area contributed by atoms with E-state index in [9.17, 15) is 0 Å². The summed E-state index contributed by atoms with van der Waals surface area (Å²) in [5.74, 6) is 0. The molecule has 2 aliphatic carbocycles. The molecule has 0 nitrogen and oxygen atoms in total. The Bertz CT molecular complexity index is 283. The Labute approximate surface area is 135 Å². The van der Waals surface area contributed by atoms with E-state index in [2.05, 4.69) is 50.3 Å². The fourth-order valence-electron chi connectivity index (χ4n) is 1.78. The van der Waals surface area contributed by atoms with E-state index in [1.165, 1.54) is 36.8 Å². The van der Waals surface area contributed by atoms with Crippen LogP contribution in [0.25, 0.3) is 0 Å². The first-order valence-corrected chi connectivity index (χ1v) is 6.39. The van der Waals surface area contributed by atoms with Crippen LogP contribution in [-0.4, -0.2) is 0 Å². The Kier molecular flexibility index (Phi) is 19.7. The number of hydrogen-bond donors (Lipinski definition) is 0. The zero-order valence-electron chi connectivity index (χ0n) is 11.9. The third-order valence-electron chi connectivity index (χ3n) is 2.57. The largest absolute Gasteiger partial charge is 2.00 e. The van der Waals surface area contributed by atoms with Crippen molar-refractivity contribution in [2.45, 2.75) is 52.4 Å². The van der Waals surface area contributed by atoms with Gasteiger partial charge in [-0.25, -0.2) is 23.3 Å². The molecule has 0 N–H and O–H groups in total. The molecule has 0 saturated heterocycles. The molecule has 19 heavy (non-hydrogen) atoms. The van der Waals surface area contributed by atoms with Crippen LogP contribution in [0, 0.1) is 12.2 Å².